The molecule has 0 aromatic carbocycles. The first-order chi connectivity index (χ1) is 11.4. The zero-order chi connectivity index (χ0) is 17.6. The third kappa shape index (κ3) is 6.66. The zero-order valence-electron chi connectivity index (χ0n) is 14.4. The minimum absolute atomic E-state index is 0.151. The third-order valence-electron chi connectivity index (χ3n) is 5.00. The first-order valence-electron chi connectivity index (χ1n) is 8.83. The maximum Gasteiger partial charge on any atom is 0.309 e. The molecule has 0 radical (unpaired) electrons. The summed E-state index contributed by atoms with van der Waals surface area (Å²) in [6.07, 6.45) is 3.92. The van der Waals surface area contributed by atoms with Crippen molar-refractivity contribution in [2.45, 2.75) is 45.1 Å². The Kier molecular flexibility index (Phi) is 7.46. The summed E-state index contributed by atoms with van der Waals surface area (Å²) >= 11 is 0. The van der Waals surface area contributed by atoms with Gasteiger partial charge in [0.15, 0.2) is 0 Å². The molecule has 1 N–H and O–H groups in total. The normalized spacial score (nSPS) is 27.6. The number of hydrogen-bond acceptors (Lipinski definition) is 6. The van der Waals surface area contributed by atoms with Crippen molar-refractivity contribution in [3.8, 4) is 0 Å². The lowest BCUT2D eigenvalue weighted by Crippen LogP contribution is -2.45. The Morgan fingerprint density at radius 2 is 1.88 bits per heavy atom. The van der Waals surface area contributed by atoms with Crippen molar-refractivity contribution in [1.82, 2.24) is 4.90 Å². The Morgan fingerprint density at radius 1 is 1.25 bits per heavy atom. The molecule has 0 aromatic rings. The van der Waals surface area contributed by atoms with Gasteiger partial charge in [-0.15, -0.1) is 0 Å². The second-order valence-corrected chi connectivity index (χ2v) is 8.34. The molecule has 7 nitrogen and oxygen atoms in total. The highest BCUT2D eigenvalue weighted by atomic mass is 32.2. The van der Waals surface area contributed by atoms with E-state index in [0.29, 0.717) is 38.8 Å². The fourth-order valence-corrected chi connectivity index (χ4v) is 4.14. The van der Waals surface area contributed by atoms with Gasteiger partial charge in [-0.1, -0.05) is 13.3 Å². The van der Waals surface area contributed by atoms with Gasteiger partial charge in [-0.25, -0.2) is 0 Å². The Labute approximate surface area is 144 Å². The summed E-state index contributed by atoms with van der Waals surface area (Å²) in [4.78, 5) is 14.4. The molecule has 0 amide bonds. The van der Waals surface area contributed by atoms with E-state index in [1.54, 1.807) is 0 Å². The van der Waals surface area contributed by atoms with Gasteiger partial charge in [-0.3, -0.25) is 14.2 Å². The molecule has 2 fully saturated rings. The quantitative estimate of drug-likeness (QED) is 0.539. The standard InChI is InChI=1S/C16H29NO6S/c1-2-13-3-5-14(6-4-13)16(18)23-15(12-24(19,20)21)11-17-7-9-22-10-8-17/h13-15H,2-12H2,1H3,(H,19,20,21). The average molecular weight is 363 g/mol. The molecule has 2 aliphatic rings. The van der Waals surface area contributed by atoms with E-state index in [0.717, 1.165) is 32.1 Å². The fraction of sp³-hybridized carbons (Fsp3) is 0.938. The fourth-order valence-electron chi connectivity index (χ4n) is 3.50. The van der Waals surface area contributed by atoms with Gasteiger partial charge in [-0.05, 0) is 31.6 Å². The molecule has 1 heterocycles. The van der Waals surface area contributed by atoms with E-state index in [1.165, 1.54) is 0 Å². The van der Waals surface area contributed by atoms with Gasteiger partial charge in [0.2, 0.25) is 0 Å². The first-order valence-corrected chi connectivity index (χ1v) is 10.4. The lowest BCUT2D eigenvalue weighted by molar-refractivity contribution is -0.155. The summed E-state index contributed by atoms with van der Waals surface area (Å²) in [5.41, 5.74) is 0. The number of carbonyl (C=O) groups excluding carboxylic acids is 1. The van der Waals surface area contributed by atoms with Crippen molar-refractivity contribution in [3.05, 3.63) is 0 Å². The van der Waals surface area contributed by atoms with Crippen LogP contribution in [0.2, 0.25) is 0 Å². The second-order valence-electron chi connectivity index (χ2n) is 6.85. The largest absolute Gasteiger partial charge is 0.460 e. The van der Waals surface area contributed by atoms with Crippen molar-refractivity contribution in [2.75, 3.05) is 38.6 Å². The number of ether oxygens (including phenoxy) is 2. The van der Waals surface area contributed by atoms with Crippen LogP contribution in [0.25, 0.3) is 0 Å². The van der Waals surface area contributed by atoms with Crippen molar-refractivity contribution in [2.24, 2.45) is 11.8 Å². The lowest BCUT2D eigenvalue weighted by atomic mass is 9.81. The molecule has 2 rings (SSSR count). The van der Waals surface area contributed by atoms with Crippen molar-refractivity contribution >= 4 is 16.1 Å². The second kappa shape index (κ2) is 9.12. The van der Waals surface area contributed by atoms with E-state index in [1.807, 2.05) is 4.90 Å². The van der Waals surface area contributed by atoms with Crippen LogP contribution in [0.5, 0.6) is 0 Å². The van der Waals surface area contributed by atoms with E-state index in [9.17, 15) is 13.2 Å². The Balaban J connectivity index is 1.89. The molecule has 1 aliphatic heterocycles. The molecule has 1 unspecified atom stereocenters. The maximum atomic E-state index is 12.4. The summed E-state index contributed by atoms with van der Waals surface area (Å²) in [7, 11) is -4.20. The first kappa shape index (κ1) is 19.6. The number of esters is 1. The lowest BCUT2D eigenvalue weighted by Gasteiger charge is -2.31. The van der Waals surface area contributed by atoms with Crippen LogP contribution < -0.4 is 0 Å². The molecule has 0 bridgehead atoms. The number of carbonyl (C=O) groups is 1. The Bertz CT molecular complexity index is 495. The predicted molar refractivity (Wildman–Crippen MR) is 89.3 cm³/mol. The van der Waals surface area contributed by atoms with Crippen LogP contribution in [0.1, 0.15) is 39.0 Å². The number of morpholine rings is 1. The SMILES string of the molecule is CCC1CCC(C(=O)OC(CN2CCOCC2)CS(=O)(=O)O)CC1. The zero-order valence-corrected chi connectivity index (χ0v) is 15.2. The molecule has 0 aromatic heterocycles. The van der Waals surface area contributed by atoms with Gasteiger partial charge in [0.05, 0.1) is 19.1 Å². The molecule has 1 saturated carbocycles. The molecule has 1 atom stereocenters. The monoisotopic (exact) mass is 363 g/mol. The minimum atomic E-state index is -4.20. The van der Waals surface area contributed by atoms with Gasteiger partial charge in [-0.2, -0.15) is 8.42 Å². The van der Waals surface area contributed by atoms with Crippen LogP contribution in [0, 0.1) is 11.8 Å². The van der Waals surface area contributed by atoms with Crippen LogP contribution >= 0.6 is 0 Å². The van der Waals surface area contributed by atoms with E-state index in [2.05, 4.69) is 6.92 Å². The summed E-state index contributed by atoms with van der Waals surface area (Å²) < 4.78 is 42.4. The predicted octanol–water partition coefficient (Wildman–Crippen LogP) is 1.33. The molecule has 0 spiro atoms. The van der Waals surface area contributed by atoms with Crippen molar-refractivity contribution in [3.63, 3.8) is 0 Å². The number of nitrogens with zero attached hydrogens (tertiary/aromatic N) is 1. The summed E-state index contributed by atoms with van der Waals surface area (Å²) in [5, 5.41) is 0. The molecule has 8 heteroatoms. The van der Waals surface area contributed by atoms with Gasteiger partial charge < -0.3 is 9.47 Å². The molecule has 1 saturated heterocycles. The molecular weight excluding hydrogens is 334 g/mol. The van der Waals surface area contributed by atoms with E-state index in [-0.39, 0.29) is 11.9 Å². The average Bonchev–Trinajstić information content (AvgIpc) is 2.54. The highest BCUT2D eigenvalue weighted by Gasteiger charge is 2.31. The summed E-state index contributed by atoms with van der Waals surface area (Å²) in [6, 6.07) is 0. The summed E-state index contributed by atoms with van der Waals surface area (Å²) in [6.45, 7) is 4.95. The molecule has 24 heavy (non-hydrogen) atoms. The summed E-state index contributed by atoms with van der Waals surface area (Å²) in [5.74, 6) is -0.357. The van der Waals surface area contributed by atoms with E-state index >= 15 is 0 Å². The molecule has 1 aliphatic carbocycles. The van der Waals surface area contributed by atoms with Crippen LogP contribution in [0.15, 0.2) is 0 Å². The molecule has 140 valence electrons. The van der Waals surface area contributed by atoms with Crippen LogP contribution in [-0.4, -0.2) is 68.5 Å². The van der Waals surface area contributed by atoms with Crippen LogP contribution in [-0.2, 0) is 24.4 Å². The van der Waals surface area contributed by atoms with E-state index < -0.39 is 22.0 Å². The van der Waals surface area contributed by atoms with Crippen LogP contribution in [0.4, 0.5) is 0 Å². The van der Waals surface area contributed by atoms with Crippen molar-refractivity contribution < 1.29 is 27.2 Å². The van der Waals surface area contributed by atoms with E-state index in [4.69, 9.17) is 14.0 Å². The topological polar surface area (TPSA) is 93.1 Å². The van der Waals surface area contributed by atoms with Gasteiger partial charge in [0, 0.05) is 19.6 Å². The maximum absolute atomic E-state index is 12.4. The van der Waals surface area contributed by atoms with Gasteiger partial charge in [0.1, 0.15) is 11.9 Å². The minimum Gasteiger partial charge on any atom is -0.460 e. The van der Waals surface area contributed by atoms with Gasteiger partial charge >= 0.3 is 5.97 Å². The van der Waals surface area contributed by atoms with Crippen molar-refractivity contribution in [1.29, 1.82) is 0 Å². The molecular formula is C16H29NO6S. The van der Waals surface area contributed by atoms with Gasteiger partial charge in [0.25, 0.3) is 10.1 Å². The highest BCUT2D eigenvalue weighted by Crippen LogP contribution is 2.31. The van der Waals surface area contributed by atoms with Crippen LogP contribution in [0.3, 0.4) is 0 Å². The number of rotatable bonds is 7. The highest BCUT2D eigenvalue weighted by molar-refractivity contribution is 7.85. The smallest absolute Gasteiger partial charge is 0.309 e. The Morgan fingerprint density at radius 3 is 2.42 bits per heavy atom. The third-order valence-corrected chi connectivity index (χ3v) is 5.80. The Hall–Kier alpha value is -0.700. The number of hydrogen-bond donors (Lipinski definition) is 1.